The Labute approximate surface area is 207 Å². The van der Waals surface area contributed by atoms with E-state index in [-0.39, 0.29) is 18.2 Å². The topological polar surface area (TPSA) is 71.0 Å². The summed E-state index contributed by atoms with van der Waals surface area (Å²) in [5.41, 5.74) is 6.51. The molecule has 0 radical (unpaired) electrons. The van der Waals surface area contributed by atoms with Gasteiger partial charge < -0.3 is 9.64 Å². The van der Waals surface area contributed by atoms with E-state index in [1.54, 1.807) is 11.1 Å². The maximum absolute atomic E-state index is 12.5. The number of carbonyl (C=O) groups excluding carboxylic acids is 2. The van der Waals surface area contributed by atoms with E-state index in [0.29, 0.717) is 13.2 Å². The van der Waals surface area contributed by atoms with Crippen LogP contribution in [0.5, 0.6) is 5.75 Å². The first kappa shape index (κ1) is 23.7. The van der Waals surface area contributed by atoms with E-state index in [1.165, 1.54) is 5.56 Å². The largest absolute Gasteiger partial charge is 0.489 e. The summed E-state index contributed by atoms with van der Waals surface area (Å²) < 4.78 is 6.83. The number of ether oxygens (including phenoxy) is 1. The summed E-state index contributed by atoms with van der Waals surface area (Å²) in [6.45, 7) is 2.93. The van der Waals surface area contributed by atoms with Gasteiger partial charge in [0.05, 0.1) is 12.1 Å². The van der Waals surface area contributed by atoms with Crippen LogP contribution in [0, 0.1) is 5.92 Å². The number of hydrogen-bond donors (Lipinski definition) is 1. The van der Waals surface area contributed by atoms with Crippen LogP contribution in [0.4, 0.5) is 5.69 Å². The van der Waals surface area contributed by atoms with Gasteiger partial charge in [-0.2, -0.15) is 5.10 Å². The molecule has 174 valence electrons. The number of nitrogens with one attached hydrogen (secondary N) is 1. The molecule has 1 saturated heterocycles. The fourth-order valence-electron chi connectivity index (χ4n) is 3.70. The van der Waals surface area contributed by atoms with E-state index >= 15 is 0 Å². The molecule has 1 atom stereocenters. The number of anilines is 1. The van der Waals surface area contributed by atoms with Gasteiger partial charge in [0.25, 0.3) is 0 Å². The number of benzene rings is 3. The number of aryl methyl sites for hydroxylation is 1. The van der Waals surface area contributed by atoms with Crippen LogP contribution in [-0.2, 0) is 22.6 Å². The van der Waals surface area contributed by atoms with Crippen LogP contribution in [-0.4, -0.2) is 24.6 Å². The summed E-state index contributed by atoms with van der Waals surface area (Å²) in [6.07, 6.45) is 2.70. The molecule has 4 rings (SSSR count). The van der Waals surface area contributed by atoms with Crippen molar-refractivity contribution in [1.29, 1.82) is 0 Å². The summed E-state index contributed by atoms with van der Waals surface area (Å²) in [6, 6.07) is 23.3. The molecule has 0 spiro atoms. The third-order valence-electron chi connectivity index (χ3n) is 5.74. The zero-order chi connectivity index (χ0) is 23.9. The Bertz CT molecular complexity index is 1160. The number of rotatable bonds is 8. The van der Waals surface area contributed by atoms with Gasteiger partial charge in [-0.1, -0.05) is 47.1 Å². The summed E-state index contributed by atoms with van der Waals surface area (Å²) >= 11 is 3.42. The zero-order valence-electron chi connectivity index (χ0n) is 18.9. The molecule has 0 aliphatic carbocycles. The number of hydrazone groups is 1. The van der Waals surface area contributed by atoms with Crippen LogP contribution < -0.4 is 15.1 Å². The lowest BCUT2D eigenvalue weighted by atomic mass is 10.1. The standard InChI is InChI=1S/C27H26BrN3O3/c1-2-19-5-11-24(12-6-19)31-17-22(15-26(31)32)27(33)30-29-16-20-7-13-25(14-8-20)34-18-21-3-9-23(28)10-4-21/h3-14,16,22H,2,15,17-18H2,1H3,(H,30,33)/b29-16+/t22-/m0/s1. The second-order valence-electron chi connectivity index (χ2n) is 8.14. The molecule has 1 aliphatic rings. The first-order valence-electron chi connectivity index (χ1n) is 11.2. The van der Waals surface area contributed by atoms with Crippen LogP contribution >= 0.6 is 15.9 Å². The second-order valence-corrected chi connectivity index (χ2v) is 9.06. The molecule has 1 N–H and O–H groups in total. The average Bonchev–Trinajstić information content (AvgIpc) is 3.26. The third kappa shape index (κ3) is 6.11. The predicted octanol–water partition coefficient (Wildman–Crippen LogP) is 5.09. The number of carbonyl (C=O) groups is 2. The summed E-state index contributed by atoms with van der Waals surface area (Å²) in [5.74, 6) is 0.0179. The molecule has 0 unspecified atom stereocenters. The molecule has 34 heavy (non-hydrogen) atoms. The molecule has 6 nitrogen and oxygen atoms in total. The average molecular weight is 520 g/mol. The van der Waals surface area contributed by atoms with Crippen molar-refractivity contribution in [2.75, 3.05) is 11.4 Å². The molecular weight excluding hydrogens is 494 g/mol. The molecule has 1 fully saturated rings. The lowest BCUT2D eigenvalue weighted by molar-refractivity contribution is -0.126. The van der Waals surface area contributed by atoms with Crippen molar-refractivity contribution in [2.45, 2.75) is 26.4 Å². The lowest BCUT2D eigenvalue weighted by Crippen LogP contribution is -2.30. The van der Waals surface area contributed by atoms with E-state index < -0.39 is 5.92 Å². The number of halogens is 1. The van der Waals surface area contributed by atoms with Crippen LogP contribution in [0.15, 0.2) is 82.4 Å². The Hall–Kier alpha value is -3.45. The Morgan fingerprint density at radius 1 is 1.06 bits per heavy atom. The Morgan fingerprint density at radius 3 is 2.41 bits per heavy atom. The molecule has 3 aromatic carbocycles. The quantitative estimate of drug-likeness (QED) is 0.332. The minimum Gasteiger partial charge on any atom is -0.489 e. The van der Waals surface area contributed by atoms with Crippen molar-refractivity contribution < 1.29 is 14.3 Å². The molecular formula is C27H26BrN3O3. The minimum absolute atomic E-state index is 0.0490. The van der Waals surface area contributed by atoms with Gasteiger partial charge in [-0.3, -0.25) is 9.59 Å². The summed E-state index contributed by atoms with van der Waals surface area (Å²) in [5, 5.41) is 4.06. The van der Waals surface area contributed by atoms with Gasteiger partial charge in [0, 0.05) is 23.1 Å². The Morgan fingerprint density at radius 2 is 1.74 bits per heavy atom. The van der Waals surface area contributed by atoms with E-state index in [4.69, 9.17) is 4.74 Å². The van der Waals surface area contributed by atoms with Gasteiger partial charge in [-0.15, -0.1) is 0 Å². The molecule has 1 aliphatic heterocycles. The number of hydrogen-bond acceptors (Lipinski definition) is 4. The first-order chi connectivity index (χ1) is 16.5. The summed E-state index contributed by atoms with van der Waals surface area (Å²) in [4.78, 5) is 26.6. The highest BCUT2D eigenvalue weighted by Gasteiger charge is 2.35. The molecule has 1 heterocycles. The van der Waals surface area contributed by atoms with E-state index in [9.17, 15) is 9.59 Å². The highest BCUT2D eigenvalue weighted by Crippen LogP contribution is 2.25. The van der Waals surface area contributed by atoms with Crippen molar-refractivity contribution in [2.24, 2.45) is 11.0 Å². The molecule has 0 saturated carbocycles. The van der Waals surface area contributed by atoms with E-state index in [0.717, 1.165) is 33.5 Å². The summed E-state index contributed by atoms with van der Waals surface area (Å²) in [7, 11) is 0. The fourth-order valence-corrected chi connectivity index (χ4v) is 3.97. The fraction of sp³-hybridized carbons (Fsp3) is 0.222. The van der Waals surface area contributed by atoms with Crippen LogP contribution in [0.3, 0.4) is 0 Å². The zero-order valence-corrected chi connectivity index (χ0v) is 20.5. The highest BCUT2D eigenvalue weighted by atomic mass is 79.9. The van der Waals surface area contributed by atoms with Crippen molar-refractivity contribution in [3.05, 3.63) is 94.0 Å². The number of amides is 2. The second kappa shape index (κ2) is 11.1. The minimum atomic E-state index is -0.426. The maximum Gasteiger partial charge on any atom is 0.245 e. The van der Waals surface area contributed by atoms with Crippen molar-refractivity contribution in [3.63, 3.8) is 0 Å². The Balaban J connectivity index is 1.26. The highest BCUT2D eigenvalue weighted by molar-refractivity contribution is 9.10. The molecule has 7 heteroatoms. The van der Waals surface area contributed by atoms with E-state index in [2.05, 4.69) is 33.4 Å². The van der Waals surface area contributed by atoms with Gasteiger partial charge in [-0.25, -0.2) is 5.43 Å². The van der Waals surface area contributed by atoms with Crippen molar-refractivity contribution in [1.82, 2.24) is 5.43 Å². The molecule has 3 aromatic rings. The number of nitrogens with zero attached hydrogens (tertiary/aromatic N) is 2. The van der Waals surface area contributed by atoms with Crippen LogP contribution in [0.2, 0.25) is 0 Å². The predicted molar refractivity (Wildman–Crippen MR) is 137 cm³/mol. The lowest BCUT2D eigenvalue weighted by Gasteiger charge is -2.16. The van der Waals surface area contributed by atoms with Gasteiger partial charge >= 0.3 is 0 Å². The maximum atomic E-state index is 12.5. The van der Waals surface area contributed by atoms with Gasteiger partial charge in [-0.05, 0) is 71.6 Å². The van der Waals surface area contributed by atoms with E-state index in [1.807, 2.05) is 72.8 Å². The van der Waals surface area contributed by atoms with Crippen molar-refractivity contribution >= 4 is 39.6 Å². The van der Waals surface area contributed by atoms with Crippen LogP contribution in [0.1, 0.15) is 30.0 Å². The molecule has 2 amide bonds. The SMILES string of the molecule is CCc1ccc(N2C[C@@H](C(=O)N/N=C/c3ccc(OCc4ccc(Br)cc4)cc3)CC2=O)cc1. The first-order valence-corrected chi connectivity index (χ1v) is 12.0. The molecule has 0 aromatic heterocycles. The van der Waals surface area contributed by atoms with Crippen LogP contribution in [0.25, 0.3) is 0 Å². The third-order valence-corrected chi connectivity index (χ3v) is 6.27. The normalized spacial score (nSPS) is 15.6. The monoisotopic (exact) mass is 519 g/mol. The smallest absolute Gasteiger partial charge is 0.245 e. The van der Waals surface area contributed by atoms with Gasteiger partial charge in [0.2, 0.25) is 11.8 Å². The molecule has 0 bridgehead atoms. The van der Waals surface area contributed by atoms with Crippen molar-refractivity contribution in [3.8, 4) is 5.75 Å². The van der Waals surface area contributed by atoms with Gasteiger partial charge in [0.1, 0.15) is 12.4 Å². The Kier molecular flexibility index (Phi) is 7.75. The van der Waals surface area contributed by atoms with Gasteiger partial charge in [0.15, 0.2) is 0 Å².